The number of aliphatic hydroxyl groups excluding tert-OH is 1. The van der Waals surface area contributed by atoms with Crippen LogP contribution in [0.2, 0.25) is 0 Å². The zero-order chi connectivity index (χ0) is 10.6. The van der Waals surface area contributed by atoms with Crippen LogP contribution < -0.4 is 0 Å². The molecule has 3 heteroatoms. The van der Waals surface area contributed by atoms with Crippen LogP contribution in [-0.2, 0) is 6.54 Å². The molecule has 1 aromatic heterocycles. The third kappa shape index (κ3) is 3.78. The smallest absolute Gasteiger partial charge is 0.0664 e. The molecule has 0 aliphatic heterocycles. The Bertz CT molecular complexity index is 272. The maximum atomic E-state index is 9.47. The third-order valence-corrected chi connectivity index (χ3v) is 3.20. The number of thiophene rings is 1. The standard InChI is InChI=1S/C11H19NOS/c1-4-10(13)7-12(3)8-11-6-5-9(2)14-11/h5-6,10,13H,4,7-8H2,1-3H3/t10-/m1/s1. The zero-order valence-corrected chi connectivity index (χ0v) is 9.97. The van der Waals surface area contributed by atoms with E-state index in [0.29, 0.717) is 0 Å². The SMILES string of the molecule is CC[C@@H](O)CN(C)Cc1ccc(C)s1. The van der Waals surface area contributed by atoms with Gasteiger partial charge in [0.15, 0.2) is 0 Å². The van der Waals surface area contributed by atoms with Gasteiger partial charge in [-0.2, -0.15) is 0 Å². The summed E-state index contributed by atoms with van der Waals surface area (Å²) in [7, 11) is 2.05. The minimum atomic E-state index is -0.193. The quantitative estimate of drug-likeness (QED) is 0.811. The maximum Gasteiger partial charge on any atom is 0.0664 e. The first-order valence-corrected chi connectivity index (χ1v) is 5.85. The fraction of sp³-hybridized carbons (Fsp3) is 0.636. The molecule has 0 aliphatic carbocycles. The minimum Gasteiger partial charge on any atom is -0.392 e. The summed E-state index contributed by atoms with van der Waals surface area (Å²) in [5.41, 5.74) is 0. The highest BCUT2D eigenvalue weighted by atomic mass is 32.1. The second-order valence-corrected chi connectivity index (χ2v) is 5.14. The van der Waals surface area contributed by atoms with E-state index >= 15 is 0 Å². The van der Waals surface area contributed by atoms with Gasteiger partial charge in [0.1, 0.15) is 0 Å². The number of rotatable bonds is 5. The van der Waals surface area contributed by atoms with Crippen LogP contribution >= 0.6 is 11.3 Å². The molecule has 0 bridgehead atoms. The van der Waals surface area contributed by atoms with Crippen molar-refractivity contribution in [2.75, 3.05) is 13.6 Å². The second kappa shape index (κ2) is 5.49. The summed E-state index contributed by atoms with van der Waals surface area (Å²) >= 11 is 1.83. The van der Waals surface area contributed by atoms with Crippen molar-refractivity contribution < 1.29 is 5.11 Å². The number of likely N-dealkylation sites (N-methyl/N-ethyl adjacent to an activating group) is 1. The molecule has 0 spiro atoms. The molecule has 1 rings (SSSR count). The first-order chi connectivity index (χ1) is 6.61. The highest BCUT2D eigenvalue weighted by Gasteiger charge is 2.07. The van der Waals surface area contributed by atoms with Gasteiger partial charge in [0, 0.05) is 22.8 Å². The molecule has 0 fully saturated rings. The first-order valence-electron chi connectivity index (χ1n) is 5.03. The van der Waals surface area contributed by atoms with Crippen LogP contribution in [0.1, 0.15) is 23.1 Å². The monoisotopic (exact) mass is 213 g/mol. The van der Waals surface area contributed by atoms with Crippen molar-refractivity contribution in [3.63, 3.8) is 0 Å². The Hall–Kier alpha value is -0.380. The molecule has 0 amide bonds. The summed E-state index contributed by atoms with van der Waals surface area (Å²) in [5.74, 6) is 0. The van der Waals surface area contributed by atoms with Crippen molar-refractivity contribution in [1.29, 1.82) is 0 Å². The zero-order valence-electron chi connectivity index (χ0n) is 9.16. The Balaban J connectivity index is 2.37. The van der Waals surface area contributed by atoms with Crippen molar-refractivity contribution >= 4 is 11.3 Å². The van der Waals surface area contributed by atoms with Gasteiger partial charge >= 0.3 is 0 Å². The molecule has 1 heterocycles. The number of aliphatic hydroxyl groups is 1. The van der Waals surface area contributed by atoms with E-state index in [4.69, 9.17) is 0 Å². The van der Waals surface area contributed by atoms with Gasteiger partial charge < -0.3 is 5.11 Å². The summed E-state index contributed by atoms with van der Waals surface area (Å²) < 4.78 is 0. The number of hydrogen-bond acceptors (Lipinski definition) is 3. The Morgan fingerprint density at radius 3 is 2.71 bits per heavy atom. The predicted molar refractivity (Wildman–Crippen MR) is 61.7 cm³/mol. The predicted octanol–water partition coefficient (Wildman–Crippen LogP) is 2.26. The lowest BCUT2D eigenvalue weighted by molar-refractivity contribution is 0.120. The van der Waals surface area contributed by atoms with Crippen LogP contribution in [0.4, 0.5) is 0 Å². The molecule has 0 unspecified atom stereocenters. The van der Waals surface area contributed by atoms with Crippen molar-refractivity contribution in [3.8, 4) is 0 Å². The van der Waals surface area contributed by atoms with Gasteiger partial charge in [-0.1, -0.05) is 6.92 Å². The van der Waals surface area contributed by atoms with Crippen molar-refractivity contribution in [1.82, 2.24) is 4.90 Å². The molecule has 1 N–H and O–H groups in total. The van der Waals surface area contributed by atoms with Crippen LogP contribution in [0.5, 0.6) is 0 Å². The largest absolute Gasteiger partial charge is 0.392 e. The number of hydrogen-bond donors (Lipinski definition) is 1. The van der Waals surface area contributed by atoms with Crippen LogP contribution in [0.3, 0.4) is 0 Å². The first kappa shape index (κ1) is 11.7. The number of aryl methyl sites for hydroxylation is 1. The van der Waals surface area contributed by atoms with Crippen LogP contribution in [-0.4, -0.2) is 29.7 Å². The van der Waals surface area contributed by atoms with E-state index in [0.717, 1.165) is 19.5 Å². The fourth-order valence-corrected chi connectivity index (χ4v) is 2.36. The summed E-state index contributed by atoms with van der Waals surface area (Å²) in [6, 6.07) is 4.30. The van der Waals surface area contributed by atoms with Gasteiger partial charge in [0.25, 0.3) is 0 Å². The van der Waals surface area contributed by atoms with E-state index in [1.54, 1.807) is 0 Å². The summed E-state index contributed by atoms with van der Waals surface area (Å²) in [4.78, 5) is 4.89. The third-order valence-electron chi connectivity index (χ3n) is 2.22. The molecule has 0 aliphatic rings. The van der Waals surface area contributed by atoms with Crippen LogP contribution in [0, 0.1) is 6.92 Å². The molecule has 1 aromatic rings. The van der Waals surface area contributed by atoms with E-state index in [-0.39, 0.29) is 6.10 Å². The molecule has 0 radical (unpaired) electrons. The highest BCUT2D eigenvalue weighted by molar-refractivity contribution is 7.11. The Morgan fingerprint density at radius 2 is 2.21 bits per heavy atom. The minimum absolute atomic E-state index is 0.193. The van der Waals surface area contributed by atoms with E-state index in [9.17, 15) is 5.11 Å². The summed E-state index contributed by atoms with van der Waals surface area (Å²) in [5, 5.41) is 9.47. The van der Waals surface area contributed by atoms with Crippen LogP contribution in [0.15, 0.2) is 12.1 Å². The van der Waals surface area contributed by atoms with E-state index in [1.165, 1.54) is 9.75 Å². The van der Waals surface area contributed by atoms with E-state index in [2.05, 4.69) is 24.0 Å². The lowest BCUT2D eigenvalue weighted by Crippen LogP contribution is -2.27. The molecule has 14 heavy (non-hydrogen) atoms. The average Bonchev–Trinajstić information content (AvgIpc) is 2.50. The van der Waals surface area contributed by atoms with Gasteiger partial charge in [-0.3, -0.25) is 4.90 Å². The molecule has 0 aromatic carbocycles. The lowest BCUT2D eigenvalue weighted by Gasteiger charge is -2.18. The van der Waals surface area contributed by atoms with Gasteiger partial charge in [-0.25, -0.2) is 0 Å². The highest BCUT2D eigenvalue weighted by Crippen LogP contribution is 2.16. The van der Waals surface area contributed by atoms with E-state index < -0.39 is 0 Å². The van der Waals surface area contributed by atoms with Gasteiger partial charge in [-0.05, 0) is 32.5 Å². The van der Waals surface area contributed by atoms with Gasteiger partial charge in [-0.15, -0.1) is 11.3 Å². The average molecular weight is 213 g/mol. The second-order valence-electron chi connectivity index (χ2n) is 3.77. The molecule has 2 nitrogen and oxygen atoms in total. The molecule has 1 atom stereocenters. The topological polar surface area (TPSA) is 23.5 Å². The molecule has 0 saturated heterocycles. The Kier molecular flexibility index (Phi) is 4.58. The number of nitrogens with zero attached hydrogens (tertiary/aromatic N) is 1. The van der Waals surface area contributed by atoms with Crippen molar-refractivity contribution in [3.05, 3.63) is 21.9 Å². The van der Waals surface area contributed by atoms with Crippen molar-refractivity contribution in [2.45, 2.75) is 32.9 Å². The van der Waals surface area contributed by atoms with Crippen molar-refractivity contribution in [2.24, 2.45) is 0 Å². The van der Waals surface area contributed by atoms with Gasteiger partial charge in [0.2, 0.25) is 0 Å². The normalized spacial score (nSPS) is 13.5. The van der Waals surface area contributed by atoms with Gasteiger partial charge in [0.05, 0.1) is 6.10 Å². The van der Waals surface area contributed by atoms with E-state index in [1.807, 2.05) is 25.3 Å². The fourth-order valence-electron chi connectivity index (χ4n) is 1.39. The molecular formula is C11H19NOS. The summed E-state index contributed by atoms with van der Waals surface area (Å²) in [6.07, 6.45) is 0.634. The van der Waals surface area contributed by atoms with Crippen LogP contribution in [0.25, 0.3) is 0 Å². The molecular weight excluding hydrogens is 194 g/mol. The Morgan fingerprint density at radius 1 is 1.50 bits per heavy atom. The Labute approximate surface area is 90.2 Å². The molecule has 80 valence electrons. The maximum absolute atomic E-state index is 9.47. The summed E-state index contributed by atoms with van der Waals surface area (Å²) in [6.45, 7) is 5.83. The molecule has 0 saturated carbocycles. The lowest BCUT2D eigenvalue weighted by atomic mass is 10.2.